The Labute approximate surface area is 157 Å². The second-order valence-electron chi connectivity index (χ2n) is 5.89. The molecule has 0 bridgehead atoms. The molecule has 0 aliphatic carbocycles. The van der Waals surface area contributed by atoms with Crippen molar-refractivity contribution in [2.24, 2.45) is 12.8 Å². The van der Waals surface area contributed by atoms with Crippen molar-refractivity contribution in [2.45, 2.75) is 12.2 Å². The maximum atomic E-state index is 13.2. The van der Waals surface area contributed by atoms with E-state index in [1.54, 1.807) is 29.4 Å². The number of nitrogens with zero attached hydrogens (tertiary/aromatic N) is 2. The molecule has 1 atom stereocenters. The highest BCUT2D eigenvalue weighted by Gasteiger charge is 2.35. The minimum atomic E-state index is -4.52. The summed E-state index contributed by atoms with van der Waals surface area (Å²) in [5.41, 5.74) is 6.45. The number of nitrogens with one attached hydrogen (secondary N) is 1. The zero-order valence-electron chi connectivity index (χ0n) is 14.3. The molecule has 3 N–H and O–H groups in total. The average molecular weight is 394 g/mol. The van der Waals surface area contributed by atoms with Crippen molar-refractivity contribution in [3.8, 4) is 11.3 Å². The fourth-order valence-corrected chi connectivity index (χ4v) is 3.60. The Hall–Kier alpha value is -2.65. The number of alkyl halides is 3. The van der Waals surface area contributed by atoms with Crippen LogP contribution in [0, 0.1) is 0 Å². The van der Waals surface area contributed by atoms with E-state index in [1.807, 2.05) is 6.07 Å². The molecule has 2 aromatic heterocycles. The molecule has 142 valence electrons. The van der Waals surface area contributed by atoms with Gasteiger partial charge in [-0.1, -0.05) is 18.2 Å². The van der Waals surface area contributed by atoms with Crippen molar-refractivity contribution in [1.29, 1.82) is 0 Å². The summed E-state index contributed by atoms with van der Waals surface area (Å²) in [6.07, 6.45) is -2.88. The van der Waals surface area contributed by atoms with Crippen LogP contribution in [0.1, 0.15) is 26.8 Å². The number of rotatable bonds is 5. The molecule has 0 aliphatic heterocycles. The number of hydrogen-bond acceptors (Lipinski definition) is 4. The Kier molecular flexibility index (Phi) is 5.33. The van der Waals surface area contributed by atoms with Crippen LogP contribution in [0.2, 0.25) is 0 Å². The molecule has 2 heterocycles. The Morgan fingerprint density at radius 2 is 2.07 bits per heavy atom. The largest absolute Gasteiger partial charge is 0.416 e. The monoisotopic (exact) mass is 394 g/mol. The first-order valence-corrected chi connectivity index (χ1v) is 8.93. The van der Waals surface area contributed by atoms with E-state index in [4.69, 9.17) is 5.73 Å². The summed E-state index contributed by atoms with van der Waals surface area (Å²) in [6.45, 7) is -0.154. The van der Waals surface area contributed by atoms with Gasteiger partial charge in [0, 0.05) is 30.7 Å². The van der Waals surface area contributed by atoms with E-state index in [-0.39, 0.29) is 12.1 Å². The minimum absolute atomic E-state index is 0.0516. The van der Waals surface area contributed by atoms with Gasteiger partial charge in [0.05, 0.1) is 22.2 Å². The highest BCUT2D eigenvalue weighted by atomic mass is 32.1. The standard InChI is InChI=1S/C18H17F3N4OS/c1-25-15(6-7-23-25)11-8-16(27-10-11)17(26)24-14(9-22)12-4-2-3-5-13(12)18(19,20)21/h2-8,10,14H,9,22H2,1H3,(H,24,26). The van der Waals surface area contributed by atoms with Gasteiger partial charge < -0.3 is 11.1 Å². The summed E-state index contributed by atoms with van der Waals surface area (Å²) in [6, 6.07) is 7.65. The van der Waals surface area contributed by atoms with E-state index in [9.17, 15) is 18.0 Å². The fraction of sp³-hybridized carbons (Fsp3) is 0.222. The Morgan fingerprint density at radius 1 is 1.33 bits per heavy atom. The van der Waals surface area contributed by atoms with Crippen molar-refractivity contribution in [1.82, 2.24) is 15.1 Å². The van der Waals surface area contributed by atoms with Gasteiger partial charge in [0.2, 0.25) is 0 Å². The van der Waals surface area contributed by atoms with Crippen LogP contribution >= 0.6 is 11.3 Å². The molecule has 1 amide bonds. The van der Waals surface area contributed by atoms with Gasteiger partial charge in [0.1, 0.15) is 0 Å². The molecule has 0 saturated heterocycles. The molecule has 3 rings (SSSR count). The molecular formula is C18H17F3N4OS. The third-order valence-electron chi connectivity index (χ3n) is 4.12. The van der Waals surface area contributed by atoms with Crippen molar-refractivity contribution < 1.29 is 18.0 Å². The summed E-state index contributed by atoms with van der Waals surface area (Å²) < 4.78 is 41.4. The fourth-order valence-electron chi connectivity index (χ4n) is 2.80. The van der Waals surface area contributed by atoms with Crippen LogP contribution in [-0.2, 0) is 13.2 Å². The Balaban J connectivity index is 1.83. The number of nitrogens with two attached hydrogens (primary N) is 1. The van der Waals surface area contributed by atoms with Gasteiger partial charge in [-0.15, -0.1) is 11.3 Å². The number of carbonyl (C=O) groups is 1. The second-order valence-corrected chi connectivity index (χ2v) is 6.80. The van der Waals surface area contributed by atoms with E-state index in [0.717, 1.165) is 17.3 Å². The predicted molar refractivity (Wildman–Crippen MR) is 97.2 cm³/mol. The molecule has 0 aliphatic rings. The molecule has 0 radical (unpaired) electrons. The van der Waals surface area contributed by atoms with E-state index in [1.165, 1.54) is 29.5 Å². The number of carbonyl (C=O) groups excluding carboxylic acids is 1. The third-order valence-corrected chi connectivity index (χ3v) is 5.05. The lowest BCUT2D eigenvalue weighted by Gasteiger charge is -2.21. The van der Waals surface area contributed by atoms with Crippen molar-refractivity contribution in [3.05, 3.63) is 64.0 Å². The quantitative estimate of drug-likeness (QED) is 0.695. The summed E-state index contributed by atoms with van der Waals surface area (Å²) >= 11 is 1.21. The van der Waals surface area contributed by atoms with Crippen LogP contribution in [0.5, 0.6) is 0 Å². The molecule has 1 aromatic carbocycles. The maximum absolute atomic E-state index is 13.2. The third kappa shape index (κ3) is 4.04. The highest BCUT2D eigenvalue weighted by Crippen LogP contribution is 2.34. The number of amides is 1. The Bertz CT molecular complexity index is 948. The van der Waals surface area contributed by atoms with Crippen LogP contribution in [0.25, 0.3) is 11.3 Å². The summed E-state index contributed by atoms with van der Waals surface area (Å²) in [4.78, 5) is 12.9. The zero-order chi connectivity index (χ0) is 19.6. The van der Waals surface area contributed by atoms with Gasteiger partial charge >= 0.3 is 6.18 Å². The first-order valence-electron chi connectivity index (χ1n) is 8.05. The van der Waals surface area contributed by atoms with Crippen LogP contribution in [0.3, 0.4) is 0 Å². The lowest BCUT2D eigenvalue weighted by atomic mass is 9.99. The first kappa shape index (κ1) is 19.1. The van der Waals surface area contributed by atoms with Gasteiger partial charge in [0.15, 0.2) is 0 Å². The van der Waals surface area contributed by atoms with E-state index < -0.39 is 23.7 Å². The molecule has 0 saturated carbocycles. The topological polar surface area (TPSA) is 72.9 Å². The van der Waals surface area contributed by atoms with Crippen LogP contribution in [0.4, 0.5) is 13.2 Å². The molecule has 9 heteroatoms. The zero-order valence-corrected chi connectivity index (χ0v) is 15.1. The van der Waals surface area contributed by atoms with Crippen LogP contribution in [-0.4, -0.2) is 22.2 Å². The summed E-state index contributed by atoms with van der Waals surface area (Å²) in [7, 11) is 1.78. The molecular weight excluding hydrogens is 377 g/mol. The number of thiophene rings is 1. The number of aryl methyl sites for hydroxylation is 1. The predicted octanol–water partition coefficient (Wildman–Crippen LogP) is 3.60. The number of halogens is 3. The van der Waals surface area contributed by atoms with Gasteiger partial charge in [-0.3, -0.25) is 9.48 Å². The van der Waals surface area contributed by atoms with Gasteiger partial charge in [-0.25, -0.2) is 0 Å². The molecule has 3 aromatic rings. The van der Waals surface area contributed by atoms with Gasteiger partial charge in [0.25, 0.3) is 5.91 Å². The number of aromatic nitrogens is 2. The van der Waals surface area contributed by atoms with Crippen LogP contribution < -0.4 is 11.1 Å². The van der Waals surface area contributed by atoms with E-state index >= 15 is 0 Å². The van der Waals surface area contributed by atoms with Crippen LogP contribution in [0.15, 0.2) is 48.0 Å². The summed E-state index contributed by atoms with van der Waals surface area (Å²) in [5, 5.41) is 8.49. The van der Waals surface area contributed by atoms with Crippen molar-refractivity contribution in [2.75, 3.05) is 6.54 Å². The summed E-state index contributed by atoms with van der Waals surface area (Å²) in [5.74, 6) is -0.471. The van der Waals surface area contributed by atoms with E-state index in [0.29, 0.717) is 4.88 Å². The first-order chi connectivity index (χ1) is 12.8. The molecule has 0 fully saturated rings. The lowest BCUT2D eigenvalue weighted by molar-refractivity contribution is -0.138. The smallest absolute Gasteiger partial charge is 0.343 e. The second kappa shape index (κ2) is 7.53. The SMILES string of the molecule is Cn1nccc1-c1csc(C(=O)NC(CN)c2ccccc2C(F)(F)F)c1. The maximum Gasteiger partial charge on any atom is 0.416 e. The average Bonchev–Trinajstić information content (AvgIpc) is 3.27. The van der Waals surface area contributed by atoms with E-state index in [2.05, 4.69) is 10.4 Å². The van der Waals surface area contributed by atoms with Gasteiger partial charge in [-0.05, 0) is 23.8 Å². The van der Waals surface area contributed by atoms with Crippen molar-refractivity contribution in [3.63, 3.8) is 0 Å². The molecule has 5 nitrogen and oxygen atoms in total. The molecule has 27 heavy (non-hydrogen) atoms. The van der Waals surface area contributed by atoms with Gasteiger partial charge in [-0.2, -0.15) is 18.3 Å². The van der Waals surface area contributed by atoms with Crippen molar-refractivity contribution >= 4 is 17.2 Å². The molecule has 1 unspecified atom stereocenters. The number of hydrogen-bond donors (Lipinski definition) is 2. The minimum Gasteiger partial charge on any atom is -0.343 e. The molecule has 0 spiro atoms. The lowest BCUT2D eigenvalue weighted by Crippen LogP contribution is -2.34. The highest BCUT2D eigenvalue weighted by molar-refractivity contribution is 7.12. The Morgan fingerprint density at radius 3 is 2.70 bits per heavy atom. The number of benzene rings is 1. The normalized spacial score (nSPS) is 12.8.